The van der Waals surface area contributed by atoms with E-state index in [0.29, 0.717) is 5.92 Å². The lowest BCUT2D eigenvalue weighted by molar-refractivity contribution is 0.327. The fourth-order valence-electron chi connectivity index (χ4n) is 1.76. The van der Waals surface area contributed by atoms with Crippen molar-refractivity contribution in [3.8, 4) is 0 Å². The summed E-state index contributed by atoms with van der Waals surface area (Å²) < 4.78 is 13.8. The third-order valence-electron chi connectivity index (χ3n) is 2.56. The van der Waals surface area contributed by atoms with Gasteiger partial charge in [0.15, 0.2) is 0 Å². The van der Waals surface area contributed by atoms with Crippen molar-refractivity contribution in [3.05, 3.63) is 35.5 Å². The molecule has 0 heterocycles. The van der Waals surface area contributed by atoms with Gasteiger partial charge in [0.05, 0.1) is 0 Å². The topological polar surface area (TPSA) is 0 Å². The third-order valence-corrected chi connectivity index (χ3v) is 2.56. The van der Waals surface area contributed by atoms with Crippen LogP contribution in [0.2, 0.25) is 0 Å². The Kier molecular flexibility index (Phi) is 3.90. The van der Waals surface area contributed by atoms with Crippen LogP contribution < -0.4 is 0 Å². The first-order valence-electron chi connectivity index (χ1n) is 5.67. The molecule has 0 aromatic rings. The molecule has 0 N–H and O–H groups in total. The van der Waals surface area contributed by atoms with E-state index in [0.717, 1.165) is 18.4 Å². The van der Waals surface area contributed by atoms with Gasteiger partial charge in [-0.1, -0.05) is 31.6 Å². The normalized spacial score (nSPS) is 26.3. The predicted molar refractivity (Wildman–Crippen MR) is 64.6 cm³/mol. The van der Waals surface area contributed by atoms with Crippen LogP contribution in [0.1, 0.15) is 40.5 Å². The van der Waals surface area contributed by atoms with Crippen molar-refractivity contribution < 1.29 is 4.39 Å². The second-order valence-corrected chi connectivity index (χ2v) is 5.02. The minimum Gasteiger partial charge on any atom is -0.235 e. The zero-order valence-electron chi connectivity index (χ0n) is 10.2. The molecule has 0 saturated heterocycles. The van der Waals surface area contributed by atoms with Crippen LogP contribution >= 0.6 is 0 Å². The number of rotatable bonds is 3. The summed E-state index contributed by atoms with van der Waals surface area (Å²) in [5.41, 5.74) is 0.961. The maximum Gasteiger partial charge on any atom is 0.145 e. The monoisotopic (exact) mass is 208 g/mol. The largest absolute Gasteiger partial charge is 0.235 e. The molecule has 1 rings (SSSR count). The Morgan fingerprint density at radius 1 is 1.40 bits per heavy atom. The quantitative estimate of drug-likeness (QED) is 0.636. The van der Waals surface area contributed by atoms with E-state index in [9.17, 15) is 4.39 Å². The molecule has 0 nitrogen and oxygen atoms in total. The molecule has 0 radical (unpaired) electrons. The molecule has 0 saturated carbocycles. The van der Waals surface area contributed by atoms with Gasteiger partial charge in [0.1, 0.15) is 5.67 Å². The third kappa shape index (κ3) is 4.46. The van der Waals surface area contributed by atoms with Crippen molar-refractivity contribution >= 4 is 0 Å². The molecule has 0 aromatic carbocycles. The predicted octanol–water partition coefficient (Wildman–Crippen LogP) is 4.59. The lowest BCUT2D eigenvalue weighted by atomic mass is 10.0. The molecule has 0 aromatic heterocycles. The summed E-state index contributed by atoms with van der Waals surface area (Å²) in [7, 11) is 0. The summed E-state index contributed by atoms with van der Waals surface area (Å²) in [5, 5.41) is 0. The molecule has 0 fully saturated rings. The fourth-order valence-corrected chi connectivity index (χ4v) is 1.76. The molecule has 0 aliphatic heterocycles. The van der Waals surface area contributed by atoms with Crippen LogP contribution in [-0.2, 0) is 0 Å². The van der Waals surface area contributed by atoms with Gasteiger partial charge < -0.3 is 0 Å². The van der Waals surface area contributed by atoms with Gasteiger partial charge in [-0.3, -0.25) is 0 Å². The van der Waals surface area contributed by atoms with Gasteiger partial charge in [-0.15, -0.1) is 0 Å². The summed E-state index contributed by atoms with van der Waals surface area (Å²) in [5.74, 6) is 0.698. The summed E-state index contributed by atoms with van der Waals surface area (Å²) in [6.45, 7) is 7.97. The summed E-state index contributed by atoms with van der Waals surface area (Å²) in [6, 6.07) is 0. The molecule has 1 heteroatoms. The Morgan fingerprint density at radius 2 is 2.07 bits per heavy atom. The Labute approximate surface area is 92.6 Å². The van der Waals surface area contributed by atoms with Gasteiger partial charge in [-0.05, 0) is 50.3 Å². The van der Waals surface area contributed by atoms with Crippen molar-refractivity contribution in [2.24, 2.45) is 5.92 Å². The number of halogens is 1. The highest BCUT2D eigenvalue weighted by Crippen LogP contribution is 2.24. The van der Waals surface area contributed by atoms with Crippen molar-refractivity contribution in [2.45, 2.75) is 46.2 Å². The van der Waals surface area contributed by atoms with Gasteiger partial charge in [0, 0.05) is 0 Å². The van der Waals surface area contributed by atoms with Crippen LogP contribution in [0.3, 0.4) is 0 Å². The molecule has 0 spiro atoms. The first kappa shape index (κ1) is 12.2. The highest BCUT2D eigenvalue weighted by Gasteiger charge is 2.17. The second-order valence-electron chi connectivity index (χ2n) is 5.02. The first-order chi connectivity index (χ1) is 6.89. The molecule has 0 amide bonds. The molecule has 84 valence electrons. The number of hydrogen-bond acceptors (Lipinski definition) is 0. The summed E-state index contributed by atoms with van der Waals surface area (Å²) in [4.78, 5) is 0. The molecule has 15 heavy (non-hydrogen) atoms. The van der Waals surface area contributed by atoms with Gasteiger partial charge >= 0.3 is 0 Å². The van der Waals surface area contributed by atoms with Crippen molar-refractivity contribution in [1.29, 1.82) is 0 Å². The molecule has 1 aliphatic rings. The Hall–Kier alpha value is -0.850. The standard InChI is InChI=1S/C14H21F/c1-11(2)5-6-13-7-8-14(4,15)10-12(3)9-13/h7-11H,5-6H2,1-4H3. The highest BCUT2D eigenvalue weighted by atomic mass is 19.1. The van der Waals surface area contributed by atoms with E-state index in [1.54, 1.807) is 19.1 Å². The molecular weight excluding hydrogens is 187 g/mol. The molecule has 0 bridgehead atoms. The van der Waals surface area contributed by atoms with Crippen molar-refractivity contribution in [3.63, 3.8) is 0 Å². The van der Waals surface area contributed by atoms with E-state index < -0.39 is 5.67 Å². The minimum atomic E-state index is -1.29. The maximum atomic E-state index is 13.8. The smallest absolute Gasteiger partial charge is 0.145 e. The van der Waals surface area contributed by atoms with E-state index in [-0.39, 0.29) is 0 Å². The van der Waals surface area contributed by atoms with Crippen molar-refractivity contribution in [1.82, 2.24) is 0 Å². The Morgan fingerprint density at radius 3 is 2.67 bits per heavy atom. The lowest BCUT2D eigenvalue weighted by Crippen LogP contribution is -2.09. The average Bonchev–Trinajstić information content (AvgIpc) is 2.20. The molecule has 1 atom stereocenters. The van der Waals surface area contributed by atoms with E-state index in [1.165, 1.54) is 5.57 Å². The molecule has 1 unspecified atom stereocenters. The zero-order valence-corrected chi connectivity index (χ0v) is 10.2. The second kappa shape index (κ2) is 4.78. The van der Waals surface area contributed by atoms with Crippen LogP contribution in [0.25, 0.3) is 0 Å². The van der Waals surface area contributed by atoms with Crippen LogP contribution in [-0.4, -0.2) is 5.67 Å². The molecule has 1 aliphatic carbocycles. The van der Waals surface area contributed by atoms with Crippen LogP contribution in [0.4, 0.5) is 4.39 Å². The Balaban J connectivity index is 2.72. The molecular formula is C14H21F. The van der Waals surface area contributed by atoms with Gasteiger partial charge in [0.25, 0.3) is 0 Å². The average molecular weight is 208 g/mol. The maximum absolute atomic E-state index is 13.8. The Bertz CT molecular complexity index is 303. The number of hydrogen-bond donors (Lipinski definition) is 0. The zero-order chi connectivity index (χ0) is 11.5. The minimum absolute atomic E-state index is 0.698. The van der Waals surface area contributed by atoms with E-state index >= 15 is 0 Å². The number of allylic oxidation sites excluding steroid dienone is 6. The van der Waals surface area contributed by atoms with Crippen LogP contribution in [0.15, 0.2) is 35.5 Å². The lowest BCUT2D eigenvalue weighted by Gasteiger charge is -2.08. The van der Waals surface area contributed by atoms with Crippen LogP contribution in [0, 0.1) is 5.92 Å². The van der Waals surface area contributed by atoms with Gasteiger partial charge in [-0.2, -0.15) is 0 Å². The van der Waals surface area contributed by atoms with E-state index in [1.807, 2.05) is 13.0 Å². The van der Waals surface area contributed by atoms with E-state index in [4.69, 9.17) is 0 Å². The summed E-state index contributed by atoms with van der Waals surface area (Å²) >= 11 is 0. The fraction of sp³-hybridized carbons (Fsp3) is 0.571. The summed E-state index contributed by atoms with van der Waals surface area (Å²) in [6.07, 6.45) is 9.53. The first-order valence-corrected chi connectivity index (χ1v) is 5.67. The van der Waals surface area contributed by atoms with Crippen LogP contribution in [0.5, 0.6) is 0 Å². The van der Waals surface area contributed by atoms with Crippen molar-refractivity contribution in [2.75, 3.05) is 0 Å². The van der Waals surface area contributed by atoms with E-state index in [2.05, 4.69) is 19.9 Å². The SMILES string of the molecule is CC1=CC(C)(F)C=CC(CCC(C)C)=C1. The highest BCUT2D eigenvalue weighted by molar-refractivity contribution is 5.37. The van der Waals surface area contributed by atoms with Gasteiger partial charge in [-0.25, -0.2) is 4.39 Å². The van der Waals surface area contributed by atoms with Gasteiger partial charge in [0.2, 0.25) is 0 Å². The number of alkyl halides is 1.